The number of hydrogen-bond acceptors (Lipinski definition) is 1. The van der Waals surface area contributed by atoms with Crippen LogP contribution in [0.2, 0.25) is 0 Å². The van der Waals surface area contributed by atoms with Gasteiger partial charge in [-0.05, 0) is 31.9 Å². The lowest BCUT2D eigenvalue weighted by Gasteiger charge is -2.30. The zero-order valence-electron chi connectivity index (χ0n) is 6.47. The molecule has 0 N–H and O–H groups in total. The average molecular weight is 137 g/mol. The van der Waals surface area contributed by atoms with E-state index in [1.165, 1.54) is 44.9 Å². The van der Waals surface area contributed by atoms with Crippen LogP contribution in [0.1, 0.15) is 44.9 Å². The molecule has 2 rings (SSSR count). The third-order valence-corrected chi connectivity index (χ3v) is 2.89. The summed E-state index contributed by atoms with van der Waals surface area (Å²) < 4.78 is 0. The molecule has 1 heteroatoms. The molecular weight excluding hydrogens is 122 g/mol. The van der Waals surface area contributed by atoms with Gasteiger partial charge in [0.05, 0.1) is 5.54 Å². The van der Waals surface area contributed by atoms with E-state index >= 15 is 0 Å². The fourth-order valence-corrected chi connectivity index (χ4v) is 2.24. The van der Waals surface area contributed by atoms with E-state index < -0.39 is 0 Å². The first-order chi connectivity index (χ1) is 4.91. The molecule has 1 heterocycles. The topological polar surface area (TPSA) is 12.4 Å². The minimum Gasteiger partial charge on any atom is -0.291 e. The third kappa shape index (κ3) is 0.979. The Hall–Kier alpha value is -0.330. The van der Waals surface area contributed by atoms with E-state index in [1.807, 2.05) is 0 Å². The van der Waals surface area contributed by atoms with E-state index in [4.69, 9.17) is 0 Å². The largest absolute Gasteiger partial charge is 0.291 e. The van der Waals surface area contributed by atoms with Crippen LogP contribution in [0.5, 0.6) is 0 Å². The van der Waals surface area contributed by atoms with E-state index in [-0.39, 0.29) is 0 Å². The van der Waals surface area contributed by atoms with Crippen molar-refractivity contribution in [3.05, 3.63) is 0 Å². The van der Waals surface area contributed by atoms with Gasteiger partial charge in [0.15, 0.2) is 0 Å². The summed E-state index contributed by atoms with van der Waals surface area (Å²) in [6.07, 6.45) is 11.7. The van der Waals surface area contributed by atoms with Gasteiger partial charge in [0, 0.05) is 0 Å². The van der Waals surface area contributed by atoms with Gasteiger partial charge in [-0.25, -0.2) is 0 Å². The van der Waals surface area contributed by atoms with Gasteiger partial charge in [-0.1, -0.05) is 19.3 Å². The predicted octanol–water partition coefficient (Wildman–Crippen LogP) is 2.55. The fraction of sp³-hybridized carbons (Fsp3) is 0.889. The molecule has 1 fully saturated rings. The Morgan fingerprint density at radius 3 is 2.40 bits per heavy atom. The van der Waals surface area contributed by atoms with Crippen LogP contribution in [0.3, 0.4) is 0 Å². The summed E-state index contributed by atoms with van der Waals surface area (Å²) in [6.45, 7) is 0. The predicted molar refractivity (Wildman–Crippen MR) is 43.5 cm³/mol. The molecule has 1 nitrogen and oxygen atoms in total. The first kappa shape index (κ1) is 6.38. The zero-order valence-corrected chi connectivity index (χ0v) is 6.47. The normalized spacial score (nSPS) is 29.6. The maximum atomic E-state index is 4.60. The molecule has 10 heavy (non-hydrogen) atoms. The molecule has 56 valence electrons. The Morgan fingerprint density at radius 2 is 1.80 bits per heavy atom. The van der Waals surface area contributed by atoms with Crippen molar-refractivity contribution < 1.29 is 0 Å². The van der Waals surface area contributed by atoms with Crippen LogP contribution in [0.15, 0.2) is 4.99 Å². The quantitative estimate of drug-likeness (QED) is 0.486. The van der Waals surface area contributed by atoms with Crippen molar-refractivity contribution in [1.82, 2.24) is 0 Å². The van der Waals surface area contributed by atoms with Crippen molar-refractivity contribution in [2.45, 2.75) is 50.5 Å². The summed E-state index contributed by atoms with van der Waals surface area (Å²) in [7, 11) is 0. The van der Waals surface area contributed by atoms with Gasteiger partial charge in [0.25, 0.3) is 0 Å². The molecule has 1 saturated carbocycles. The van der Waals surface area contributed by atoms with E-state index in [0.29, 0.717) is 5.54 Å². The lowest BCUT2D eigenvalue weighted by atomic mass is 9.81. The molecule has 0 amide bonds. The molecular formula is C9H15N. The second-order valence-electron chi connectivity index (χ2n) is 3.64. The smallest absolute Gasteiger partial charge is 0.0607 e. The number of hydrogen-bond donors (Lipinski definition) is 0. The van der Waals surface area contributed by atoms with Crippen LogP contribution >= 0.6 is 0 Å². The van der Waals surface area contributed by atoms with Crippen LogP contribution in [-0.2, 0) is 0 Å². The average Bonchev–Trinajstić information content (AvgIpc) is 2.39. The summed E-state index contributed by atoms with van der Waals surface area (Å²) in [5.41, 5.74) is 0.443. The monoisotopic (exact) mass is 137 g/mol. The fourth-order valence-electron chi connectivity index (χ4n) is 2.24. The third-order valence-electron chi connectivity index (χ3n) is 2.89. The molecule has 0 aromatic heterocycles. The second kappa shape index (κ2) is 2.37. The van der Waals surface area contributed by atoms with Crippen molar-refractivity contribution >= 4 is 6.21 Å². The Bertz CT molecular complexity index is 143. The molecule has 1 aliphatic heterocycles. The molecule has 0 aromatic rings. The molecule has 2 aliphatic rings. The van der Waals surface area contributed by atoms with Crippen molar-refractivity contribution in [3.8, 4) is 0 Å². The molecule has 1 spiro atoms. The Morgan fingerprint density at radius 1 is 1.00 bits per heavy atom. The maximum absolute atomic E-state index is 4.60. The van der Waals surface area contributed by atoms with Crippen LogP contribution in [0.25, 0.3) is 0 Å². The van der Waals surface area contributed by atoms with Gasteiger partial charge in [0.2, 0.25) is 0 Å². The number of aliphatic imine (C=N–C) groups is 1. The van der Waals surface area contributed by atoms with Crippen LogP contribution < -0.4 is 0 Å². The van der Waals surface area contributed by atoms with Gasteiger partial charge in [0.1, 0.15) is 0 Å². The Balaban J connectivity index is 2.05. The Labute approximate surface area is 62.5 Å². The zero-order chi connectivity index (χ0) is 6.86. The molecule has 0 unspecified atom stereocenters. The first-order valence-corrected chi connectivity index (χ1v) is 4.45. The lowest BCUT2D eigenvalue weighted by Crippen LogP contribution is -2.26. The minimum absolute atomic E-state index is 0.443. The van der Waals surface area contributed by atoms with Crippen LogP contribution in [0, 0.1) is 0 Å². The first-order valence-electron chi connectivity index (χ1n) is 4.45. The summed E-state index contributed by atoms with van der Waals surface area (Å²) in [4.78, 5) is 4.60. The van der Waals surface area contributed by atoms with Crippen molar-refractivity contribution in [2.75, 3.05) is 0 Å². The number of nitrogens with zero attached hydrogens (tertiary/aromatic N) is 1. The highest BCUT2D eigenvalue weighted by molar-refractivity contribution is 5.61. The molecule has 0 radical (unpaired) electrons. The molecule has 0 bridgehead atoms. The van der Waals surface area contributed by atoms with Gasteiger partial charge in [-0.15, -0.1) is 0 Å². The lowest BCUT2D eigenvalue weighted by molar-refractivity contribution is 0.299. The van der Waals surface area contributed by atoms with E-state index in [1.54, 1.807) is 0 Å². The summed E-state index contributed by atoms with van der Waals surface area (Å²) in [5.74, 6) is 0. The van der Waals surface area contributed by atoms with Crippen molar-refractivity contribution in [3.63, 3.8) is 0 Å². The summed E-state index contributed by atoms with van der Waals surface area (Å²) in [6, 6.07) is 0. The van der Waals surface area contributed by atoms with E-state index in [9.17, 15) is 0 Å². The van der Waals surface area contributed by atoms with Crippen LogP contribution in [-0.4, -0.2) is 11.8 Å². The highest BCUT2D eigenvalue weighted by Crippen LogP contribution is 2.37. The molecule has 0 atom stereocenters. The Kier molecular flexibility index (Phi) is 1.51. The van der Waals surface area contributed by atoms with E-state index in [0.717, 1.165) is 0 Å². The van der Waals surface area contributed by atoms with Gasteiger partial charge in [-0.2, -0.15) is 0 Å². The molecule has 0 aromatic carbocycles. The van der Waals surface area contributed by atoms with Crippen LogP contribution in [0.4, 0.5) is 0 Å². The van der Waals surface area contributed by atoms with Crippen molar-refractivity contribution in [2.24, 2.45) is 4.99 Å². The maximum Gasteiger partial charge on any atom is 0.0607 e. The van der Waals surface area contributed by atoms with E-state index in [2.05, 4.69) is 11.2 Å². The minimum atomic E-state index is 0.443. The SMILES string of the molecule is C1=NC2(CC1)CCCCC2. The van der Waals surface area contributed by atoms with Gasteiger partial charge in [-0.3, -0.25) is 4.99 Å². The van der Waals surface area contributed by atoms with Gasteiger partial charge >= 0.3 is 0 Å². The van der Waals surface area contributed by atoms with Gasteiger partial charge < -0.3 is 0 Å². The summed E-state index contributed by atoms with van der Waals surface area (Å²) in [5, 5.41) is 0. The second-order valence-corrected chi connectivity index (χ2v) is 3.64. The highest BCUT2D eigenvalue weighted by Gasteiger charge is 2.32. The molecule has 0 saturated heterocycles. The summed E-state index contributed by atoms with van der Waals surface area (Å²) >= 11 is 0. The molecule has 1 aliphatic carbocycles. The number of rotatable bonds is 0. The standard InChI is InChI=1S/C9H15N/c1-2-5-9(6-3-1)7-4-8-10-9/h8H,1-7H2. The highest BCUT2D eigenvalue weighted by atomic mass is 14.9. The van der Waals surface area contributed by atoms with Crippen molar-refractivity contribution in [1.29, 1.82) is 0 Å².